The SMILES string of the molecule is BN1C(=O)C(/C=N\C=C\C)=C(NC)C1=O. The van der Waals surface area contributed by atoms with E-state index in [0.29, 0.717) is 5.57 Å². The van der Waals surface area contributed by atoms with E-state index in [2.05, 4.69) is 10.3 Å². The number of rotatable bonds is 3. The number of carbonyl (C=O) groups excluding carboxylic acids is 2. The molecule has 0 aromatic carbocycles. The van der Waals surface area contributed by atoms with Gasteiger partial charge >= 0.3 is 0 Å². The van der Waals surface area contributed by atoms with Crippen LogP contribution in [0.1, 0.15) is 6.92 Å². The maximum Gasteiger partial charge on any atom is 0.265 e. The van der Waals surface area contributed by atoms with Crippen molar-refractivity contribution in [2.24, 2.45) is 4.99 Å². The largest absolute Gasteiger partial charge is 0.383 e. The van der Waals surface area contributed by atoms with E-state index in [1.807, 2.05) is 6.92 Å². The van der Waals surface area contributed by atoms with Gasteiger partial charge in [0.25, 0.3) is 11.8 Å². The molecule has 78 valence electrons. The molecule has 0 saturated carbocycles. The number of imide groups is 1. The standard InChI is InChI=1S/C9H12BN3O2/c1-3-4-12-5-6-7(11-2)9(15)13(10)8(6)14/h3-5,11H,10H2,1-2H3/b4-3+,12-5-. The molecule has 0 radical (unpaired) electrons. The Hall–Kier alpha value is -1.85. The van der Waals surface area contributed by atoms with Crippen LogP contribution in [0.5, 0.6) is 0 Å². The van der Waals surface area contributed by atoms with Crippen molar-refractivity contribution in [3.8, 4) is 0 Å². The third-order valence-electron chi connectivity index (χ3n) is 2.01. The summed E-state index contributed by atoms with van der Waals surface area (Å²) in [7, 11) is 3.04. The molecule has 0 aliphatic carbocycles. The van der Waals surface area contributed by atoms with E-state index in [0.717, 1.165) is 4.81 Å². The summed E-state index contributed by atoms with van der Waals surface area (Å²) in [5, 5.41) is 2.70. The highest BCUT2D eigenvalue weighted by atomic mass is 16.2. The van der Waals surface area contributed by atoms with Gasteiger partial charge in [-0.2, -0.15) is 0 Å². The first-order valence-corrected chi connectivity index (χ1v) is 4.52. The van der Waals surface area contributed by atoms with Gasteiger partial charge in [-0.15, -0.1) is 0 Å². The zero-order valence-corrected chi connectivity index (χ0v) is 8.94. The maximum atomic E-state index is 11.6. The van der Waals surface area contributed by atoms with Gasteiger partial charge in [-0.05, 0) is 6.92 Å². The smallest absolute Gasteiger partial charge is 0.265 e. The lowest BCUT2D eigenvalue weighted by Crippen LogP contribution is -2.30. The van der Waals surface area contributed by atoms with Crippen molar-refractivity contribution < 1.29 is 9.59 Å². The number of aliphatic imine (C=N–C) groups is 1. The molecule has 0 aromatic rings. The Labute approximate surface area is 89.0 Å². The summed E-state index contributed by atoms with van der Waals surface area (Å²) in [6, 6.07) is 0. The topological polar surface area (TPSA) is 61.8 Å². The first-order valence-electron chi connectivity index (χ1n) is 4.52. The molecule has 15 heavy (non-hydrogen) atoms. The lowest BCUT2D eigenvalue weighted by Gasteiger charge is -2.05. The number of hydrogen-bond acceptors (Lipinski definition) is 4. The number of nitrogens with zero attached hydrogens (tertiary/aromatic N) is 2. The van der Waals surface area contributed by atoms with Gasteiger partial charge in [0.15, 0.2) is 0 Å². The predicted octanol–water partition coefficient (Wildman–Crippen LogP) is -1.02. The van der Waals surface area contributed by atoms with Gasteiger partial charge < -0.3 is 10.1 Å². The van der Waals surface area contributed by atoms with E-state index in [4.69, 9.17) is 0 Å². The van der Waals surface area contributed by atoms with Crippen molar-refractivity contribution in [2.75, 3.05) is 7.05 Å². The molecule has 1 N–H and O–H groups in total. The quantitative estimate of drug-likeness (QED) is 0.364. The minimum Gasteiger partial charge on any atom is -0.383 e. The minimum atomic E-state index is -0.336. The Bertz CT molecular complexity index is 385. The maximum absolute atomic E-state index is 11.6. The summed E-state index contributed by atoms with van der Waals surface area (Å²) >= 11 is 0. The number of likely N-dealkylation sites (N-methyl/N-ethyl adjacent to an activating group) is 1. The van der Waals surface area contributed by atoms with Gasteiger partial charge in [0.2, 0.25) is 7.98 Å². The molecule has 0 aromatic heterocycles. The second kappa shape index (κ2) is 4.59. The summed E-state index contributed by atoms with van der Waals surface area (Å²) in [6.07, 6.45) is 4.67. The lowest BCUT2D eigenvalue weighted by molar-refractivity contribution is -0.131. The van der Waals surface area contributed by atoms with Crippen molar-refractivity contribution in [2.45, 2.75) is 6.92 Å². The molecule has 2 amide bonds. The van der Waals surface area contributed by atoms with E-state index in [1.54, 1.807) is 19.3 Å². The number of hydrogen-bond donors (Lipinski definition) is 1. The zero-order valence-electron chi connectivity index (χ0n) is 8.94. The molecule has 0 bridgehead atoms. The fraction of sp³-hybridized carbons (Fsp3) is 0.222. The molecule has 0 fully saturated rings. The number of nitrogens with one attached hydrogen (secondary N) is 1. The number of carbonyl (C=O) groups is 2. The van der Waals surface area contributed by atoms with Crippen LogP contribution in [0.15, 0.2) is 28.5 Å². The van der Waals surface area contributed by atoms with Crippen LogP contribution >= 0.6 is 0 Å². The lowest BCUT2D eigenvalue weighted by atomic mass is 10.2. The van der Waals surface area contributed by atoms with Gasteiger partial charge in [-0.1, -0.05) is 6.08 Å². The first kappa shape index (κ1) is 11.2. The second-order valence-corrected chi connectivity index (χ2v) is 2.97. The molecule has 0 atom stereocenters. The van der Waals surface area contributed by atoms with Crippen LogP contribution in [0.4, 0.5) is 0 Å². The average Bonchev–Trinajstić information content (AvgIpc) is 2.44. The fourth-order valence-electron chi connectivity index (χ4n) is 1.23. The normalized spacial score (nSPS) is 17.6. The van der Waals surface area contributed by atoms with E-state index in [-0.39, 0.29) is 17.5 Å². The Kier molecular flexibility index (Phi) is 3.44. The van der Waals surface area contributed by atoms with Crippen LogP contribution in [-0.2, 0) is 9.59 Å². The molecular formula is C9H12BN3O2. The van der Waals surface area contributed by atoms with E-state index >= 15 is 0 Å². The van der Waals surface area contributed by atoms with Gasteiger partial charge in [0, 0.05) is 19.5 Å². The molecule has 5 nitrogen and oxygen atoms in total. The predicted molar refractivity (Wildman–Crippen MR) is 59.8 cm³/mol. The highest BCUT2D eigenvalue weighted by molar-refractivity contribution is 6.39. The number of allylic oxidation sites excluding steroid dienone is 1. The molecule has 0 unspecified atom stereocenters. The Morgan fingerprint density at radius 2 is 2.07 bits per heavy atom. The summed E-state index contributed by atoms with van der Waals surface area (Å²) in [5.41, 5.74) is 0.582. The fourth-order valence-corrected chi connectivity index (χ4v) is 1.23. The molecule has 0 spiro atoms. The third kappa shape index (κ3) is 1.98. The second-order valence-electron chi connectivity index (χ2n) is 2.97. The zero-order chi connectivity index (χ0) is 11.4. The van der Waals surface area contributed by atoms with Crippen LogP contribution in [0.3, 0.4) is 0 Å². The number of amides is 2. The van der Waals surface area contributed by atoms with E-state index in [1.165, 1.54) is 14.2 Å². The van der Waals surface area contributed by atoms with Gasteiger partial charge in [-0.25, -0.2) is 0 Å². The highest BCUT2D eigenvalue weighted by Crippen LogP contribution is 2.14. The summed E-state index contributed by atoms with van der Waals surface area (Å²) < 4.78 is 0. The van der Waals surface area contributed by atoms with Crippen molar-refractivity contribution in [3.63, 3.8) is 0 Å². The molecule has 0 saturated heterocycles. The van der Waals surface area contributed by atoms with Crippen LogP contribution in [-0.4, -0.2) is 37.9 Å². The highest BCUT2D eigenvalue weighted by Gasteiger charge is 2.33. The summed E-state index contributed by atoms with van der Waals surface area (Å²) in [6.45, 7) is 1.82. The first-order chi connectivity index (χ1) is 7.13. The van der Waals surface area contributed by atoms with Crippen LogP contribution in [0.2, 0.25) is 0 Å². The minimum absolute atomic E-state index is 0.288. The van der Waals surface area contributed by atoms with Crippen LogP contribution < -0.4 is 5.32 Å². The van der Waals surface area contributed by atoms with Crippen molar-refractivity contribution >= 4 is 26.0 Å². The van der Waals surface area contributed by atoms with E-state index in [9.17, 15) is 9.59 Å². The molecule has 6 heteroatoms. The molecule has 1 aliphatic heterocycles. The Balaban J connectivity index is 3.06. The van der Waals surface area contributed by atoms with Gasteiger partial charge in [-0.3, -0.25) is 14.6 Å². The molecular weight excluding hydrogens is 193 g/mol. The van der Waals surface area contributed by atoms with Gasteiger partial charge in [0.05, 0.1) is 5.57 Å². The van der Waals surface area contributed by atoms with E-state index < -0.39 is 0 Å². The third-order valence-corrected chi connectivity index (χ3v) is 2.01. The summed E-state index contributed by atoms with van der Waals surface area (Å²) in [4.78, 5) is 28.0. The average molecular weight is 205 g/mol. The van der Waals surface area contributed by atoms with Crippen LogP contribution in [0.25, 0.3) is 0 Å². The van der Waals surface area contributed by atoms with Crippen molar-refractivity contribution in [3.05, 3.63) is 23.5 Å². The molecule has 1 aliphatic rings. The van der Waals surface area contributed by atoms with Crippen molar-refractivity contribution in [1.82, 2.24) is 10.1 Å². The Morgan fingerprint density at radius 1 is 1.40 bits per heavy atom. The van der Waals surface area contributed by atoms with Gasteiger partial charge in [0.1, 0.15) is 5.70 Å². The van der Waals surface area contributed by atoms with Crippen molar-refractivity contribution in [1.29, 1.82) is 0 Å². The van der Waals surface area contributed by atoms with Crippen LogP contribution in [0, 0.1) is 0 Å². The Morgan fingerprint density at radius 3 is 2.60 bits per heavy atom. The molecule has 1 heterocycles. The monoisotopic (exact) mass is 205 g/mol. The molecule has 1 rings (SSSR count). The summed E-state index contributed by atoms with van der Waals surface area (Å²) in [5.74, 6) is -0.665.